The van der Waals surface area contributed by atoms with Crippen LogP contribution in [0.15, 0.2) is 18.7 Å². The van der Waals surface area contributed by atoms with Gasteiger partial charge in [0.25, 0.3) is 0 Å². The third kappa shape index (κ3) is 2.01. The smallest absolute Gasteiger partial charge is 0.339 e. The van der Waals surface area contributed by atoms with Crippen molar-refractivity contribution < 1.29 is 23.7 Å². The molecule has 0 saturated heterocycles. The molecule has 5 heteroatoms. The Balaban J connectivity index is 2.67. The molecular weight excluding hydrogens is 248 g/mol. The van der Waals surface area contributed by atoms with E-state index in [0.29, 0.717) is 34.8 Å². The lowest BCUT2D eigenvalue weighted by Gasteiger charge is -2.16. The number of cyclic esters (lactones) is 1. The van der Waals surface area contributed by atoms with Crippen LogP contribution in [0.4, 0.5) is 0 Å². The van der Waals surface area contributed by atoms with Crippen LogP contribution >= 0.6 is 0 Å². The van der Waals surface area contributed by atoms with Crippen LogP contribution in [-0.2, 0) is 4.74 Å². The van der Waals surface area contributed by atoms with Gasteiger partial charge in [0.1, 0.15) is 6.10 Å². The number of carbonyl (C=O) groups is 1. The van der Waals surface area contributed by atoms with E-state index in [2.05, 4.69) is 6.58 Å². The number of hydrogen-bond acceptors (Lipinski definition) is 5. The molecule has 0 amide bonds. The number of methoxy groups -OCH3 is 3. The molecule has 102 valence electrons. The Morgan fingerprint density at radius 2 is 1.95 bits per heavy atom. The SMILES string of the molecule is C=CCC1OC(=O)c2cc(OC)c(OC)c(OC)c21. The average Bonchev–Trinajstić information content (AvgIpc) is 2.73. The fraction of sp³-hybridized carbons (Fsp3) is 0.357. The Hall–Kier alpha value is -2.17. The van der Waals surface area contributed by atoms with Gasteiger partial charge in [-0.3, -0.25) is 0 Å². The normalized spacial score (nSPS) is 16.6. The summed E-state index contributed by atoms with van der Waals surface area (Å²) >= 11 is 0. The average molecular weight is 264 g/mol. The van der Waals surface area contributed by atoms with Crippen LogP contribution in [0.3, 0.4) is 0 Å². The topological polar surface area (TPSA) is 54.0 Å². The van der Waals surface area contributed by atoms with E-state index in [1.165, 1.54) is 21.3 Å². The minimum Gasteiger partial charge on any atom is -0.493 e. The van der Waals surface area contributed by atoms with Crippen LogP contribution in [0.2, 0.25) is 0 Å². The molecule has 1 aliphatic rings. The third-order valence-electron chi connectivity index (χ3n) is 3.04. The predicted octanol–water partition coefficient (Wildman–Crippen LogP) is 2.50. The highest BCUT2D eigenvalue weighted by atomic mass is 16.6. The van der Waals surface area contributed by atoms with E-state index in [9.17, 15) is 4.79 Å². The predicted molar refractivity (Wildman–Crippen MR) is 69.1 cm³/mol. The maximum Gasteiger partial charge on any atom is 0.339 e. The highest BCUT2D eigenvalue weighted by Gasteiger charge is 2.36. The Morgan fingerprint density at radius 1 is 1.26 bits per heavy atom. The molecule has 1 heterocycles. The van der Waals surface area contributed by atoms with Crippen LogP contribution in [0.1, 0.15) is 28.4 Å². The zero-order valence-corrected chi connectivity index (χ0v) is 11.2. The zero-order chi connectivity index (χ0) is 14.0. The van der Waals surface area contributed by atoms with Gasteiger partial charge in [0.15, 0.2) is 11.5 Å². The Morgan fingerprint density at radius 3 is 2.47 bits per heavy atom. The van der Waals surface area contributed by atoms with Gasteiger partial charge in [0.05, 0.1) is 32.5 Å². The largest absolute Gasteiger partial charge is 0.493 e. The molecule has 0 aliphatic carbocycles. The minimum atomic E-state index is -0.394. The van der Waals surface area contributed by atoms with Gasteiger partial charge in [-0.15, -0.1) is 6.58 Å². The summed E-state index contributed by atoms with van der Waals surface area (Å²) in [6.45, 7) is 3.67. The van der Waals surface area contributed by atoms with Gasteiger partial charge in [0.2, 0.25) is 5.75 Å². The molecule has 0 fully saturated rings. The van der Waals surface area contributed by atoms with Crippen molar-refractivity contribution in [3.63, 3.8) is 0 Å². The van der Waals surface area contributed by atoms with E-state index in [1.807, 2.05) is 0 Å². The van der Waals surface area contributed by atoms with Gasteiger partial charge in [-0.25, -0.2) is 4.79 Å². The molecule has 5 nitrogen and oxygen atoms in total. The summed E-state index contributed by atoms with van der Waals surface area (Å²) < 4.78 is 21.2. The molecular formula is C14H16O5. The first-order valence-corrected chi connectivity index (χ1v) is 5.82. The van der Waals surface area contributed by atoms with Gasteiger partial charge in [-0.1, -0.05) is 6.08 Å². The summed E-state index contributed by atoms with van der Waals surface area (Å²) in [5.41, 5.74) is 1.13. The van der Waals surface area contributed by atoms with E-state index >= 15 is 0 Å². The molecule has 1 atom stereocenters. The van der Waals surface area contributed by atoms with Crippen molar-refractivity contribution >= 4 is 5.97 Å². The maximum absolute atomic E-state index is 11.9. The van der Waals surface area contributed by atoms with Crippen molar-refractivity contribution in [3.8, 4) is 17.2 Å². The number of carbonyl (C=O) groups excluding carboxylic acids is 1. The molecule has 1 aliphatic heterocycles. The number of ether oxygens (including phenoxy) is 4. The molecule has 2 rings (SSSR count). The quantitative estimate of drug-likeness (QED) is 0.604. The molecule has 1 aromatic rings. The third-order valence-corrected chi connectivity index (χ3v) is 3.04. The molecule has 1 aromatic carbocycles. The first-order chi connectivity index (χ1) is 9.17. The van der Waals surface area contributed by atoms with E-state index in [0.717, 1.165) is 0 Å². The van der Waals surface area contributed by atoms with E-state index in [-0.39, 0.29) is 5.97 Å². The first kappa shape index (κ1) is 13.3. The molecule has 0 saturated carbocycles. The summed E-state index contributed by atoms with van der Waals surface area (Å²) in [6.07, 6.45) is 1.82. The fourth-order valence-corrected chi connectivity index (χ4v) is 2.24. The van der Waals surface area contributed by atoms with Crippen molar-refractivity contribution in [1.29, 1.82) is 0 Å². The van der Waals surface area contributed by atoms with E-state index in [1.54, 1.807) is 12.1 Å². The lowest BCUT2D eigenvalue weighted by atomic mass is 10.0. The summed E-state index contributed by atoms with van der Waals surface area (Å²) in [5, 5.41) is 0. The minimum absolute atomic E-state index is 0.388. The Labute approximate surface area is 111 Å². The highest BCUT2D eigenvalue weighted by Crippen LogP contribution is 2.49. The Kier molecular flexibility index (Phi) is 3.64. The summed E-state index contributed by atoms with van der Waals surface area (Å²) in [7, 11) is 4.55. The van der Waals surface area contributed by atoms with Crippen molar-refractivity contribution in [1.82, 2.24) is 0 Å². The van der Waals surface area contributed by atoms with Gasteiger partial charge in [-0.2, -0.15) is 0 Å². The standard InChI is InChI=1S/C14H16O5/c1-5-6-9-11-8(14(15)19-9)7-10(16-2)12(17-3)13(11)18-4/h5,7,9H,1,6H2,2-4H3. The summed E-state index contributed by atoms with van der Waals surface area (Å²) in [4.78, 5) is 11.9. The summed E-state index contributed by atoms with van der Waals surface area (Å²) in [6, 6.07) is 1.61. The van der Waals surface area contributed by atoms with Crippen molar-refractivity contribution in [2.75, 3.05) is 21.3 Å². The number of hydrogen-bond donors (Lipinski definition) is 0. The van der Waals surface area contributed by atoms with Crippen LogP contribution in [0.25, 0.3) is 0 Å². The molecule has 1 unspecified atom stereocenters. The van der Waals surface area contributed by atoms with E-state index < -0.39 is 6.10 Å². The maximum atomic E-state index is 11.9. The number of rotatable bonds is 5. The van der Waals surface area contributed by atoms with Crippen molar-refractivity contribution in [2.24, 2.45) is 0 Å². The second kappa shape index (κ2) is 5.22. The van der Waals surface area contributed by atoms with Crippen LogP contribution in [-0.4, -0.2) is 27.3 Å². The molecule has 19 heavy (non-hydrogen) atoms. The van der Waals surface area contributed by atoms with Gasteiger partial charge >= 0.3 is 5.97 Å². The second-order valence-electron chi connectivity index (χ2n) is 4.02. The van der Waals surface area contributed by atoms with Crippen LogP contribution in [0.5, 0.6) is 17.2 Å². The lowest BCUT2D eigenvalue weighted by molar-refractivity contribution is 0.0389. The number of fused-ring (bicyclic) bond motifs is 1. The molecule has 0 aromatic heterocycles. The summed E-state index contributed by atoms with van der Waals surface area (Å²) in [5.74, 6) is 0.973. The van der Waals surface area contributed by atoms with Crippen molar-refractivity contribution in [3.05, 3.63) is 29.8 Å². The van der Waals surface area contributed by atoms with Gasteiger partial charge < -0.3 is 18.9 Å². The number of esters is 1. The van der Waals surface area contributed by atoms with Crippen LogP contribution < -0.4 is 14.2 Å². The molecule has 0 bridgehead atoms. The van der Waals surface area contributed by atoms with Gasteiger partial charge in [0, 0.05) is 6.42 Å². The number of benzene rings is 1. The molecule has 0 N–H and O–H groups in total. The first-order valence-electron chi connectivity index (χ1n) is 5.82. The van der Waals surface area contributed by atoms with Crippen molar-refractivity contribution in [2.45, 2.75) is 12.5 Å². The second-order valence-corrected chi connectivity index (χ2v) is 4.02. The highest BCUT2D eigenvalue weighted by molar-refractivity contribution is 5.96. The van der Waals surface area contributed by atoms with E-state index in [4.69, 9.17) is 18.9 Å². The molecule has 0 radical (unpaired) electrons. The zero-order valence-electron chi connectivity index (χ0n) is 11.2. The Bertz CT molecular complexity index is 521. The monoisotopic (exact) mass is 264 g/mol. The van der Waals surface area contributed by atoms with Crippen LogP contribution in [0, 0.1) is 0 Å². The fourth-order valence-electron chi connectivity index (χ4n) is 2.24. The van der Waals surface area contributed by atoms with Gasteiger partial charge in [-0.05, 0) is 6.07 Å². The molecule has 0 spiro atoms. The lowest BCUT2D eigenvalue weighted by Crippen LogP contribution is -2.02.